The third-order valence-corrected chi connectivity index (χ3v) is 3.02. The molecule has 0 bridgehead atoms. The lowest BCUT2D eigenvalue weighted by molar-refractivity contribution is -0.384. The third kappa shape index (κ3) is 2.34. The zero-order valence-corrected chi connectivity index (χ0v) is 9.77. The standard InChI is InChI=1S/C10H11N3O3S/c11-4-1-5-16-7-2-3-8-9(12-6-17-8)10(7)13(14)15/h2-3,6H,1,4-5,11H2. The van der Waals surface area contributed by atoms with Gasteiger partial charge in [-0.25, -0.2) is 4.98 Å². The Kier molecular flexibility index (Phi) is 3.50. The van der Waals surface area contributed by atoms with Crippen LogP contribution >= 0.6 is 11.3 Å². The smallest absolute Gasteiger partial charge is 0.337 e. The van der Waals surface area contributed by atoms with Gasteiger partial charge < -0.3 is 10.5 Å². The SMILES string of the molecule is NCCCOc1ccc2scnc2c1[N+](=O)[O-]. The van der Waals surface area contributed by atoms with Crippen LogP contribution < -0.4 is 10.5 Å². The summed E-state index contributed by atoms with van der Waals surface area (Å²) in [5.74, 6) is 0.252. The molecule has 1 heterocycles. The third-order valence-electron chi connectivity index (χ3n) is 2.23. The molecule has 0 amide bonds. The summed E-state index contributed by atoms with van der Waals surface area (Å²) in [7, 11) is 0. The Morgan fingerprint density at radius 3 is 3.06 bits per heavy atom. The number of hydrogen-bond acceptors (Lipinski definition) is 6. The van der Waals surface area contributed by atoms with Gasteiger partial charge in [-0.3, -0.25) is 10.1 Å². The number of ether oxygens (including phenoxy) is 1. The minimum absolute atomic E-state index is 0.0687. The van der Waals surface area contributed by atoms with Crippen molar-refractivity contribution in [1.29, 1.82) is 0 Å². The normalized spacial score (nSPS) is 10.6. The molecule has 0 spiro atoms. The van der Waals surface area contributed by atoms with Gasteiger partial charge >= 0.3 is 5.69 Å². The summed E-state index contributed by atoms with van der Waals surface area (Å²) in [6.07, 6.45) is 0.659. The fraction of sp³-hybridized carbons (Fsp3) is 0.300. The van der Waals surface area contributed by atoms with Crippen molar-refractivity contribution in [3.05, 3.63) is 27.8 Å². The van der Waals surface area contributed by atoms with Gasteiger partial charge in [0.2, 0.25) is 0 Å². The first-order valence-corrected chi connectivity index (χ1v) is 5.95. The number of benzene rings is 1. The van der Waals surface area contributed by atoms with E-state index < -0.39 is 4.92 Å². The highest BCUT2D eigenvalue weighted by Crippen LogP contribution is 2.35. The van der Waals surface area contributed by atoms with Gasteiger partial charge in [0.1, 0.15) is 0 Å². The number of nitro groups is 1. The molecular weight excluding hydrogens is 242 g/mol. The number of nitrogens with zero attached hydrogens (tertiary/aromatic N) is 2. The zero-order valence-electron chi connectivity index (χ0n) is 8.96. The molecule has 1 aromatic carbocycles. The maximum atomic E-state index is 11.0. The molecule has 2 rings (SSSR count). The van der Waals surface area contributed by atoms with Gasteiger partial charge in [0, 0.05) is 0 Å². The molecule has 7 heteroatoms. The second kappa shape index (κ2) is 5.07. The molecule has 1 aromatic heterocycles. The van der Waals surface area contributed by atoms with Gasteiger partial charge in [-0.05, 0) is 25.1 Å². The van der Waals surface area contributed by atoms with Crippen molar-refractivity contribution in [1.82, 2.24) is 4.98 Å². The van der Waals surface area contributed by atoms with E-state index in [-0.39, 0.29) is 11.4 Å². The van der Waals surface area contributed by atoms with Crippen molar-refractivity contribution in [2.24, 2.45) is 5.73 Å². The fourth-order valence-electron chi connectivity index (χ4n) is 1.46. The lowest BCUT2D eigenvalue weighted by Crippen LogP contribution is -2.07. The molecule has 0 aliphatic heterocycles. The lowest BCUT2D eigenvalue weighted by Gasteiger charge is -2.05. The molecule has 90 valence electrons. The van der Waals surface area contributed by atoms with E-state index in [2.05, 4.69) is 4.98 Å². The Labute approximate surface area is 101 Å². The van der Waals surface area contributed by atoms with Crippen LogP contribution in [0.5, 0.6) is 5.75 Å². The van der Waals surface area contributed by atoms with Crippen LogP contribution in [-0.2, 0) is 0 Å². The first-order chi connectivity index (χ1) is 8.24. The predicted octanol–water partition coefficient (Wildman–Crippen LogP) is 1.93. The number of hydrogen-bond donors (Lipinski definition) is 1. The summed E-state index contributed by atoms with van der Waals surface area (Å²) in [6.45, 7) is 0.861. The first-order valence-electron chi connectivity index (χ1n) is 5.07. The Morgan fingerprint density at radius 2 is 2.35 bits per heavy atom. The maximum absolute atomic E-state index is 11.0. The van der Waals surface area contributed by atoms with Crippen LogP contribution in [0.1, 0.15) is 6.42 Å². The monoisotopic (exact) mass is 253 g/mol. The van der Waals surface area contributed by atoms with Crippen molar-refractivity contribution >= 4 is 27.2 Å². The summed E-state index contributed by atoms with van der Waals surface area (Å²) in [5, 5.41) is 11.0. The molecule has 2 N–H and O–H groups in total. The molecule has 0 fully saturated rings. The van der Waals surface area contributed by atoms with Gasteiger partial charge in [0.25, 0.3) is 0 Å². The van der Waals surface area contributed by atoms with Gasteiger partial charge in [0.15, 0.2) is 11.3 Å². The highest BCUT2D eigenvalue weighted by Gasteiger charge is 2.21. The van der Waals surface area contributed by atoms with Crippen LogP contribution in [0.4, 0.5) is 5.69 Å². The van der Waals surface area contributed by atoms with Crippen LogP contribution in [-0.4, -0.2) is 23.1 Å². The van der Waals surface area contributed by atoms with Gasteiger partial charge in [-0.1, -0.05) is 0 Å². The fourth-order valence-corrected chi connectivity index (χ4v) is 2.14. The number of thiazole rings is 1. The van der Waals surface area contributed by atoms with E-state index in [1.54, 1.807) is 17.6 Å². The summed E-state index contributed by atoms with van der Waals surface area (Å²) in [4.78, 5) is 14.6. The Balaban J connectivity index is 2.39. The molecule has 17 heavy (non-hydrogen) atoms. The highest BCUT2D eigenvalue weighted by atomic mass is 32.1. The van der Waals surface area contributed by atoms with Gasteiger partial charge in [-0.15, -0.1) is 11.3 Å². The summed E-state index contributed by atoms with van der Waals surface area (Å²) in [5.41, 5.74) is 7.24. The quantitative estimate of drug-likeness (QED) is 0.499. The average molecular weight is 253 g/mol. The van der Waals surface area contributed by atoms with Crippen molar-refractivity contribution in [2.45, 2.75) is 6.42 Å². The Bertz CT molecular complexity index is 541. The van der Waals surface area contributed by atoms with E-state index in [4.69, 9.17) is 10.5 Å². The minimum atomic E-state index is -0.458. The van der Waals surface area contributed by atoms with Crippen molar-refractivity contribution in [3.63, 3.8) is 0 Å². The van der Waals surface area contributed by atoms with Crippen LogP contribution in [0.15, 0.2) is 17.6 Å². The Hall–Kier alpha value is -1.73. The largest absolute Gasteiger partial charge is 0.487 e. The molecule has 0 aliphatic rings. The lowest BCUT2D eigenvalue weighted by atomic mass is 10.2. The topological polar surface area (TPSA) is 91.3 Å². The number of rotatable bonds is 5. The molecule has 0 radical (unpaired) electrons. The Morgan fingerprint density at radius 1 is 1.53 bits per heavy atom. The summed E-state index contributed by atoms with van der Waals surface area (Å²) >= 11 is 1.36. The second-order valence-electron chi connectivity index (χ2n) is 3.36. The predicted molar refractivity (Wildman–Crippen MR) is 65.4 cm³/mol. The van der Waals surface area contributed by atoms with E-state index in [9.17, 15) is 10.1 Å². The first kappa shape index (κ1) is 11.7. The van der Waals surface area contributed by atoms with Crippen molar-refractivity contribution in [3.8, 4) is 5.75 Å². The van der Waals surface area contributed by atoms with Gasteiger partial charge in [-0.2, -0.15) is 0 Å². The maximum Gasteiger partial charge on any atom is 0.337 e. The second-order valence-corrected chi connectivity index (χ2v) is 4.25. The van der Waals surface area contributed by atoms with Gasteiger partial charge in [0.05, 0.1) is 21.7 Å². The minimum Gasteiger partial charge on any atom is -0.487 e. The number of nitrogens with two attached hydrogens (primary N) is 1. The summed E-state index contributed by atoms with van der Waals surface area (Å²) < 4.78 is 6.14. The molecular formula is C10H11N3O3S. The molecule has 0 unspecified atom stereocenters. The van der Waals surface area contributed by atoms with Crippen LogP contribution in [0, 0.1) is 10.1 Å². The van der Waals surface area contributed by atoms with Crippen molar-refractivity contribution in [2.75, 3.05) is 13.2 Å². The summed E-state index contributed by atoms with van der Waals surface area (Å²) in [6, 6.07) is 3.38. The highest BCUT2D eigenvalue weighted by molar-refractivity contribution is 7.16. The van der Waals surface area contributed by atoms with Crippen LogP contribution in [0.2, 0.25) is 0 Å². The van der Waals surface area contributed by atoms with E-state index in [1.165, 1.54) is 11.3 Å². The number of nitro benzene ring substituents is 1. The van der Waals surface area contributed by atoms with Crippen LogP contribution in [0.25, 0.3) is 10.2 Å². The average Bonchev–Trinajstić information content (AvgIpc) is 2.76. The molecule has 6 nitrogen and oxygen atoms in total. The molecule has 0 saturated heterocycles. The number of aromatic nitrogens is 1. The molecule has 2 aromatic rings. The van der Waals surface area contributed by atoms with E-state index in [1.807, 2.05) is 0 Å². The van der Waals surface area contributed by atoms with E-state index >= 15 is 0 Å². The van der Waals surface area contributed by atoms with Crippen molar-refractivity contribution < 1.29 is 9.66 Å². The molecule has 0 saturated carbocycles. The number of fused-ring (bicyclic) bond motifs is 1. The van der Waals surface area contributed by atoms with E-state index in [0.29, 0.717) is 25.1 Å². The van der Waals surface area contributed by atoms with E-state index in [0.717, 1.165) is 4.70 Å². The molecule has 0 aliphatic carbocycles. The zero-order chi connectivity index (χ0) is 12.3. The van der Waals surface area contributed by atoms with Crippen LogP contribution in [0.3, 0.4) is 0 Å². The molecule has 0 atom stereocenters.